The predicted octanol–water partition coefficient (Wildman–Crippen LogP) is 8.13. The van der Waals surface area contributed by atoms with Gasteiger partial charge in [0, 0.05) is 25.7 Å². The average Bonchev–Trinajstić information content (AvgIpc) is 2.79. The first-order chi connectivity index (χ1) is 17.4. The third kappa shape index (κ3) is 19.3. The molecule has 0 radical (unpaired) electrons. The summed E-state index contributed by atoms with van der Waals surface area (Å²) >= 11 is 0. The van der Waals surface area contributed by atoms with E-state index < -0.39 is 13.5 Å². The van der Waals surface area contributed by atoms with E-state index >= 15 is 0 Å². The highest BCUT2D eigenvalue weighted by Crippen LogP contribution is 2.48. The number of ether oxygens (including phenoxy) is 1. The lowest BCUT2D eigenvalue weighted by molar-refractivity contribution is -0.948. The molecule has 0 aliphatic rings. The summed E-state index contributed by atoms with van der Waals surface area (Å²) in [5.41, 5.74) is -1.06. The minimum atomic E-state index is -4.68. The predicted molar refractivity (Wildman–Crippen MR) is 153 cm³/mol. The van der Waals surface area contributed by atoms with Gasteiger partial charge in [-0.1, -0.05) is 117 Å². The Labute approximate surface area is 228 Å². The minimum absolute atomic E-state index is 0.0144. The van der Waals surface area contributed by atoms with Crippen LogP contribution in [0.4, 0.5) is 0 Å². The fourth-order valence-corrected chi connectivity index (χ4v) is 6.14. The van der Waals surface area contributed by atoms with E-state index in [0.29, 0.717) is 12.8 Å². The molecular formula is C29H61NO6P+. The van der Waals surface area contributed by atoms with Crippen molar-refractivity contribution in [3.8, 4) is 0 Å². The summed E-state index contributed by atoms with van der Waals surface area (Å²) in [6.07, 6.45) is 22.8. The average molecular weight is 551 g/mol. The summed E-state index contributed by atoms with van der Waals surface area (Å²) in [7, 11) is 0.975. The second-order valence-electron chi connectivity index (χ2n) is 11.9. The van der Waals surface area contributed by atoms with Gasteiger partial charge in [0.05, 0.1) is 27.7 Å². The number of quaternary nitrogens is 1. The monoisotopic (exact) mass is 550 g/mol. The molecule has 0 aliphatic heterocycles. The Kier molecular flexibility index (Phi) is 20.2. The van der Waals surface area contributed by atoms with Crippen molar-refractivity contribution < 1.29 is 32.9 Å². The highest BCUT2D eigenvalue weighted by atomic mass is 31.2. The first-order valence-corrected chi connectivity index (χ1v) is 16.6. The molecule has 0 rings (SSSR count). The first-order valence-electron chi connectivity index (χ1n) is 15.1. The highest BCUT2D eigenvalue weighted by Gasteiger charge is 2.49. The van der Waals surface area contributed by atoms with Crippen LogP contribution in [-0.4, -0.2) is 53.7 Å². The van der Waals surface area contributed by atoms with Crippen LogP contribution in [0.25, 0.3) is 0 Å². The Morgan fingerprint density at radius 1 is 0.784 bits per heavy atom. The summed E-state index contributed by atoms with van der Waals surface area (Å²) in [5.74, 6) is -0.348. The van der Waals surface area contributed by atoms with Crippen molar-refractivity contribution in [3.63, 3.8) is 0 Å². The molecule has 0 amide bonds. The van der Waals surface area contributed by atoms with Crippen molar-refractivity contribution in [1.82, 2.24) is 0 Å². The van der Waals surface area contributed by atoms with Gasteiger partial charge in [-0.25, -0.2) is 9.09 Å². The summed E-state index contributed by atoms with van der Waals surface area (Å²) in [6.45, 7) is 5.80. The van der Waals surface area contributed by atoms with E-state index in [1.165, 1.54) is 96.8 Å². The molecule has 0 bridgehead atoms. The van der Waals surface area contributed by atoms with Crippen LogP contribution in [0, 0.1) is 5.92 Å². The smallest absolute Gasteiger partial charge is 0.466 e. The van der Waals surface area contributed by atoms with Crippen LogP contribution < -0.4 is 0 Å². The second kappa shape index (κ2) is 20.4. The van der Waals surface area contributed by atoms with Crippen LogP contribution in [0.2, 0.25) is 0 Å². The molecule has 2 N–H and O–H groups in total. The number of hydrogen-bond acceptors (Lipinski definition) is 4. The lowest BCUT2D eigenvalue weighted by Crippen LogP contribution is -2.59. The van der Waals surface area contributed by atoms with Crippen LogP contribution in [0.1, 0.15) is 143 Å². The molecule has 0 aliphatic carbocycles. The van der Waals surface area contributed by atoms with E-state index in [-0.39, 0.29) is 23.0 Å². The van der Waals surface area contributed by atoms with E-state index in [0.717, 1.165) is 19.3 Å². The standard InChI is InChI=1S/C29H60NO6P/c1-7-9-10-11-12-13-14-15-16-17-18-19-20-21-22-23-24-28(26-35-27(3)31)25-29(8-2,30(4,5)6)36-37(32,33)34/h28H,7-26H2,1-6H3,(H-,32,33,34)/p+1. The van der Waals surface area contributed by atoms with Gasteiger partial charge in [0.15, 0.2) is 0 Å². The SMILES string of the molecule is CCCCCCCCCCCCCCCCCCC(COC(C)=O)CC(CC)(OP(=O)(O)O)[N+](C)(C)C. The maximum atomic E-state index is 11.8. The quantitative estimate of drug-likeness (QED) is 0.0392. The van der Waals surface area contributed by atoms with Crippen LogP contribution in [0.15, 0.2) is 0 Å². The third-order valence-corrected chi connectivity index (χ3v) is 8.24. The van der Waals surface area contributed by atoms with Crippen LogP contribution in [-0.2, 0) is 18.6 Å². The molecular weight excluding hydrogens is 489 g/mol. The number of carbonyl (C=O) groups is 1. The number of unbranched alkanes of at least 4 members (excludes halogenated alkanes) is 15. The molecule has 2 atom stereocenters. The van der Waals surface area contributed by atoms with E-state index in [1.54, 1.807) is 0 Å². The minimum Gasteiger partial charge on any atom is -0.466 e. The number of carbonyl (C=O) groups excluding carboxylic acids is 1. The molecule has 0 saturated carbocycles. The summed E-state index contributed by atoms with van der Waals surface area (Å²) in [5, 5.41) is 0. The normalized spacial score (nSPS) is 14.9. The lowest BCUT2D eigenvalue weighted by atomic mass is 9.89. The Morgan fingerprint density at radius 3 is 1.51 bits per heavy atom. The highest BCUT2D eigenvalue weighted by molar-refractivity contribution is 7.46. The van der Waals surface area contributed by atoms with Gasteiger partial charge in [-0.05, 0) is 6.42 Å². The molecule has 0 fully saturated rings. The van der Waals surface area contributed by atoms with E-state index in [4.69, 9.17) is 9.26 Å². The fraction of sp³-hybridized carbons (Fsp3) is 0.966. The van der Waals surface area contributed by atoms with Gasteiger partial charge in [0.1, 0.15) is 0 Å². The molecule has 2 unspecified atom stereocenters. The Morgan fingerprint density at radius 2 is 1.19 bits per heavy atom. The van der Waals surface area contributed by atoms with Crippen molar-refractivity contribution in [3.05, 3.63) is 0 Å². The molecule has 0 spiro atoms. The molecule has 7 nitrogen and oxygen atoms in total. The largest absolute Gasteiger partial charge is 0.474 e. The van der Waals surface area contributed by atoms with Gasteiger partial charge in [-0.15, -0.1) is 0 Å². The van der Waals surface area contributed by atoms with Gasteiger partial charge in [-0.2, -0.15) is 0 Å². The zero-order valence-corrected chi connectivity index (χ0v) is 26.0. The molecule has 37 heavy (non-hydrogen) atoms. The van der Waals surface area contributed by atoms with Gasteiger partial charge < -0.3 is 19.0 Å². The Bertz CT molecular complexity index is 618. The van der Waals surface area contributed by atoms with Gasteiger partial charge in [0.25, 0.3) is 0 Å². The molecule has 0 aromatic rings. The zero-order valence-electron chi connectivity index (χ0n) is 25.1. The summed E-state index contributed by atoms with van der Waals surface area (Å²) in [6, 6.07) is 0. The van der Waals surface area contributed by atoms with Crippen LogP contribution in [0.5, 0.6) is 0 Å². The molecule has 0 aromatic heterocycles. The van der Waals surface area contributed by atoms with Gasteiger partial charge in [0.2, 0.25) is 5.72 Å². The number of hydrogen-bond donors (Lipinski definition) is 2. The summed E-state index contributed by atoms with van der Waals surface area (Å²) in [4.78, 5) is 30.6. The number of rotatable bonds is 25. The first kappa shape index (κ1) is 36.5. The Hall–Kier alpha value is -0.460. The van der Waals surface area contributed by atoms with E-state index in [1.807, 2.05) is 28.1 Å². The topological polar surface area (TPSA) is 93.1 Å². The maximum absolute atomic E-state index is 11.8. The molecule has 0 aromatic carbocycles. The van der Waals surface area contributed by atoms with E-state index in [2.05, 4.69) is 6.92 Å². The number of esters is 1. The number of nitrogens with zero attached hydrogens (tertiary/aromatic N) is 1. The molecule has 8 heteroatoms. The van der Waals surface area contributed by atoms with Crippen molar-refractivity contribution in [2.45, 2.75) is 148 Å². The number of phosphoric acid groups is 1. The van der Waals surface area contributed by atoms with E-state index in [9.17, 15) is 19.1 Å². The summed E-state index contributed by atoms with van der Waals surface area (Å²) < 4.78 is 22.8. The molecule has 0 heterocycles. The van der Waals surface area contributed by atoms with Crippen LogP contribution >= 0.6 is 7.82 Å². The second-order valence-corrected chi connectivity index (χ2v) is 13.0. The zero-order chi connectivity index (χ0) is 28.2. The van der Waals surface area contributed by atoms with Crippen molar-refractivity contribution in [2.24, 2.45) is 5.92 Å². The Balaban J connectivity index is 4.30. The fourth-order valence-electron chi connectivity index (χ4n) is 5.25. The van der Waals surface area contributed by atoms with Gasteiger partial charge >= 0.3 is 13.8 Å². The third-order valence-electron chi connectivity index (χ3n) is 7.66. The van der Waals surface area contributed by atoms with Crippen molar-refractivity contribution in [2.75, 3.05) is 27.7 Å². The van der Waals surface area contributed by atoms with Gasteiger partial charge in [-0.3, -0.25) is 4.79 Å². The van der Waals surface area contributed by atoms with Crippen molar-refractivity contribution >= 4 is 13.8 Å². The molecule has 0 saturated heterocycles. The van der Waals surface area contributed by atoms with Crippen LogP contribution in [0.3, 0.4) is 0 Å². The lowest BCUT2D eigenvalue weighted by Gasteiger charge is -2.46. The van der Waals surface area contributed by atoms with Crippen molar-refractivity contribution in [1.29, 1.82) is 0 Å². The maximum Gasteiger partial charge on any atom is 0.474 e. The molecule has 222 valence electrons. The number of phosphoric ester groups is 1.